The minimum Gasteiger partial charge on any atom is -0.481 e. The fourth-order valence-electron chi connectivity index (χ4n) is 13.5. The average molecular weight is 643 g/mol. The third-order valence-corrected chi connectivity index (χ3v) is 15.7. The van der Waals surface area contributed by atoms with Crippen molar-refractivity contribution in [2.75, 3.05) is 18.8 Å². The Morgan fingerprint density at radius 1 is 1.06 bits per heavy atom. The minimum absolute atomic E-state index is 0.0120. The quantitative estimate of drug-likeness (QED) is 0.309. The summed E-state index contributed by atoms with van der Waals surface area (Å²) in [6.07, 6.45) is 12.9. The number of nitrogens with zero attached hydrogens (tertiary/aromatic N) is 2. The van der Waals surface area contributed by atoms with E-state index >= 15 is 0 Å². The highest BCUT2D eigenvalue weighted by Crippen LogP contribution is 2.76. The standard InChI is InChI=1S/C40H58N4O3/c1-36(2)18-27-25(28(19-36)35(45)46)10-12-40(7)32(27)26(23-16-24(47-22-23)21-44-14-8-9-15-44)17-31-38(5)20-29-33(42-43-34(29)41)37(3,4)30(38)11-13-39(31,40)6/h16,22,25,27-28,30-31H,8-15,17-21H2,1-7H3,(H,45,46)(H3,41,42,43)/t25?,27?,28-,30?,31?,38?,39?,40?/m1/s1. The molecule has 4 N–H and O–H groups in total. The molecule has 7 heteroatoms. The van der Waals surface area contributed by atoms with Gasteiger partial charge in [-0.1, -0.05) is 54.0 Å². The van der Waals surface area contributed by atoms with Gasteiger partial charge in [-0.05, 0) is 134 Å². The molecule has 8 atom stereocenters. The number of likely N-dealkylation sites (tertiary alicyclic amines) is 1. The third-order valence-electron chi connectivity index (χ3n) is 15.7. The van der Waals surface area contributed by atoms with Crippen LogP contribution in [0.3, 0.4) is 0 Å². The highest BCUT2D eigenvalue weighted by atomic mass is 16.4. The second-order valence-corrected chi connectivity index (χ2v) is 19.0. The molecule has 0 amide bonds. The molecule has 2 aromatic rings. The maximum absolute atomic E-state index is 12.9. The Bertz CT molecular complexity index is 1620. The molecular weight excluding hydrogens is 584 g/mol. The van der Waals surface area contributed by atoms with E-state index in [1.165, 1.54) is 48.1 Å². The van der Waals surface area contributed by atoms with E-state index in [0.717, 1.165) is 63.9 Å². The summed E-state index contributed by atoms with van der Waals surface area (Å²) in [5.41, 5.74) is 13.5. The fraction of sp³-hybridized carbons (Fsp3) is 0.750. The maximum atomic E-state index is 12.9. The summed E-state index contributed by atoms with van der Waals surface area (Å²) >= 11 is 0. The highest BCUT2D eigenvalue weighted by Gasteiger charge is 2.68. The monoisotopic (exact) mass is 642 g/mol. The molecule has 2 aromatic heterocycles. The lowest BCUT2D eigenvalue weighted by molar-refractivity contribution is -0.161. The lowest BCUT2D eigenvalue weighted by Crippen LogP contribution is -2.64. The molecule has 8 rings (SSSR count). The summed E-state index contributed by atoms with van der Waals surface area (Å²) in [5, 5.41) is 18.5. The van der Waals surface area contributed by atoms with Crippen LogP contribution in [0, 0.1) is 51.2 Å². The Balaban J connectivity index is 1.31. The molecule has 0 bridgehead atoms. The highest BCUT2D eigenvalue weighted by molar-refractivity contribution is 5.75. The number of aromatic nitrogens is 2. The van der Waals surface area contributed by atoms with Gasteiger partial charge in [-0.2, -0.15) is 5.10 Å². The predicted octanol–water partition coefficient (Wildman–Crippen LogP) is 8.46. The van der Waals surface area contributed by atoms with Gasteiger partial charge in [0.25, 0.3) is 0 Å². The third kappa shape index (κ3) is 4.39. The molecule has 3 saturated carbocycles. The molecule has 7 nitrogen and oxygen atoms in total. The van der Waals surface area contributed by atoms with Gasteiger partial charge in [-0.25, -0.2) is 0 Å². The Morgan fingerprint density at radius 3 is 2.53 bits per heavy atom. The van der Waals surface area contributed by atoms with Gasteiger partial charge in [0, 0.05) is 22.2 Å². The summed E-state index contributed by atoms with van der Waals surface area (Å²) in [7, 11) is 0. The number of nitrogen functional groups attached to an aromatic ring is 1. The van der Waals surface area contributed by atoms with E-state index in [9.17, 15) is 9.90 Å². The van der Waals surface area contributed by atoms with Crippen LogP contribution in [0.2, 0.25) is 0 Å². The number of H-pyrrole nitrogens is 1. The number of carboxylic acids is 1. The molecule has 4 fully saturated rings. The van der Waals surface area contributed by atoms with E-state index in [0.29, 0.717) is 17.7 Å². The number of furan rings is 1. The smallest absolute Gasteiger partial charge is 0.306 e. The number of carbonyl (C=O) groups is 1. The van der Waals surface area contributed by atoms with Crippen molar-refractivity contribution < 1.29 is 14.3 Å². The van der Waals surface area contributed by atoms with E-state index in [2.05, 4.69) is 75.9 Å². The molecular formula is C40H58N4O3. The number of anilines is 1. The number of rotatable bonds is 4. The average Bonchev–Trinajstić information content (AvgIpc) is 3.75. The van der Waals surface area contributed by atoms with Crippen LogP contribution < -0.4 is 5.73 Å². The zero-order valence-electron chi connectivity index (χ0n) is 30.0. The van der Waals surface area contributed by atoms with Crippen LogP contribution >= 0.6 is 0 Å². The Morgan fingerprint density at radius 2 is 1.81 bits per heavy atom. The molecule has 0 aromatic carbocycles. The summed E-state index contributed by atoms with van der Waals surface area (Å²) < 4.78 is 6.41. The molecule has 3 heterocycles. The summed E-state index contributed by atoms with van der Waals surface area (Å²) in [4.78, 5) is 15.4. The van der Waals surface area contributed by atoms with Crippen molar-refractivity contribution in [2.45, 2.75) is 125 Å². The largest absolute Gasteiger partial charge is 0.481 e. The van der Waals surface area contributed by atoms with Gasteiger partial charge in [-0.15, -0.1) is 0 Å². The molecule has 0 spiro atoms. The van der Waals surface area contributed by atoms with Crippen LogP contribution in [-0.4, -0.2) is 39.3 Å². The Hall–Kier alpha value is -2.54. The van der Waals surface area contributed by atoms with E-state index in [1.807, 2.05) is 0 Å². The molecule has 1 aliphatic heterocycles. The first-order valence-corrected chi connectivity index (χ1v) is 18.7. The van der Waals surface area contributed by atoms with E-state index in [4.69, 9.17) is 10.2 Å². The maximum Gasteiger partial charge on any atom is 0.306 e. The van der Waals surface area contributed by atoms with Crippen molar-refractivity contribution in [3.63, 3.8) is 0 Å². The van der Waals surface area contributed by atoms with Crippen LogP contribution in [0.4, 0.5) is 5.82 Å². The van der Waals surface area contributed by atoms with E-state index in [1.54, 1.807) is 5.57 Å². The first-order chi connectivity index (χ1) is 22.1. The van der Waals surface area contributed by atoms with Crippen LogP contribution in [-0.2, 0) is 23.2 Å². The number of nitrogens with one attached hydrogen (secondary N) is 1. The molecule has 47 heavy (non-hydrogen) atoms. The molecule has 5 aliphatic carbocycles. The molecule has 7 unspecified atom stereocenters. The van der Waals surface area contributed by atoms with Crippen LogP contribution in [0.15, 0.2) is 22.3 Å². The van der Waals surface area contributed by atoms with Gasteiger partial charge >= 0.3 is 5.97 Å². The van der Waals surface area contributed by atoms with Crippen molar-refractivity contribution in [1.29, 1.82) is 0 Å². The normalized spacial score (nSPS) is 40.6. The summed E-state index contributed by atoms with van der Waals surface area (Å²) in [6.45, 7) is 20.5. The van der Waals surface area contributed by atoms with Crippen molar-refractivity contribution in [2.24, 2.45) is 51.2 Å². The van der Waals surface area contributed by atoms with Gasteiger partial charge in [-0.3, -0.25) is 14.8 Å². The Labute approximate surface area is 281 Å². The number of nitrogens with two attached hydrogens (primary N) is 1. The minimum atomic E-state index is -0.597. The molecule has 1 saturated heterocycles. The second-order valence-electron chi connectivity index (χ2n) is 19.0. The topological polar surface area (TPSA) is 108 Å². The number of carboxylic acid groups (broad SMARTS) is 1. The zero-order valence-corrected chi connectivity index (χ0v) is 30.0. The van der Waals surface area contributed by atoms with Crippen molar-refractivity contribution >= 4 is 17.4 Å². The number of allylic oxidation sites excluding steroid dienone is 2. The number of aliphatic carboxylic acids is 1. The lowest BCUT2D eigenvalue weighted by atomic mass is 9.33. The van der Waals surface area contributed by atoms with Gasteiger partial charge in [0.1, 0.15) is 11.6 Å². The first-order valence-electron chi connectivity index (χ1n) is 18.7. The Kier molecular flexibility index (Phi) is 6.91. The lowest BCUT2D eigenvalue weighted by Gasteiger charge is -2.70. The number of fused-ring (bicyclic) bond motifs is 8. The van der Waals surface area contributed by atoms with Crippen LogP contribution in [0.1, 0.15) is 129 Å². The van der Waals surface area contributed by atoms with Crippen molar-refractivity contribution in [3.8, 4) is 0 Å². The van der Waals surface area contributed by atoms with Gasteiger partial charge in [0.15, 0.2) is 0 Å². The number of aromatic amines is 1. The van der Waals surface area contributed by atoms with Gasteiger partial charge < -0.3 is 15.3 Å². The first kappa shape index (κ1) is 31.7. The SMILES string of the molecule is CC1(C)CC2C3=C(c4coc(CN5CCCC5)c4)CC4C5(C)Cc6c(N)n[nH]c6C(C)(C)C5CCC4(C)C3(C)CCC2[C@H](C(=O)O)C1. The second kappa shape index (κ2) is 10.2. The van der Waals surface area contributed by atoms with Gasteiger partial charge in [0.2, 0.25) is 0 Å². The number of hydrogen-bond acceptors (Lipinski definition) is 5. The van der Waals surface area contributed by atoms with E-state index in [-0.39, 0.29) is 44.8 Å². The zero-order chi connectivity index (χ0) is 33.3. The van der Waals surface area contributed by atoms with Crippen LogP contribution in [0.25, 0.3) is 5.57 Å². The van der Waals surface area contributed by atoms with E-state index < -0.39 is 5.97 Å². The molecule has 256 valence electrons. The molecule has 0 radical (unpaired) electrons. The molecule has 6 aliphatic rings. The van der Waals surface area contributed by atoms with Crippen LogP contribution in [0.5, 0.6) is 0 Å². The van der Waals surface area contributed by atoms with Crippen molar-refractivity contribution in [1.82, 2.24) is 15.1 Å². The fourth-order valence-corrected chi connectivity index (χ4v) is 13.5. The van der Waals surface area contributed by atoms with Crippen molar-refractivity contribution in [3.05, 3.63) is 40.5 Å². The summed E-state index contributed by atoms with van der Waals surface area (Å²) in [5.74, 6) is 2.31. The van der Waals surface area contributed by atoms with Gasteiger partial charge in [0.05, 0.1) is 18.7 Å². The number of hydrogen-bond donors (Lipinski definition) is 3. The predicted molar refractivity (Wildman–Crippen MR) is 185 cm³/mol. The summed E-state index contributed by atoms with van der Waals surface area (Å²) in [6, 6.07) is 2.36.